The van der Waals surface area contributed by atoms with Crippen LogP contribution in [0.25, 0.3) is 0 Å². The van der Waals surface area contributed by atoms with Crippen LogP contribution in [0, 0.1) is 0 Å². The summed E-state index contributed by atoms with van der Waals surface area (Å²) in [5.41, 5.74) is -0.0524. The van der Waals surface area contributed by atoms with Gasteiger partial charge in [-0.15, -0.1) is 0 Å². The molecular formula is C21H27N3O8. The van der Waals surface area contributed by atoms with Crippen LogP contribution in [0.5, 0.6) is 0 Å². The Hall–Kier alpha value is -3.63. The molecule has 1 aromatic rings. The van der Waals surface area contributed by atoms with E-state index in [1.54, 1.807) is 51.1 Å². The second-order valence-electron chi connectivity index (χ2n) is 8.43. The molecule has 1 aromatic carbocycles. The van der Waals surface area contributed by atoms with Crippen molar-refractivity contribution >= 4 is 29.8 Å². The number of ether oxygens (including phenoxy) is 1. The van der Waals surface area contributed by atoms with Gasteiger partial charge in [0.05, 0.1) is 0 Å². The Morgan fingerprint density at radius 1 is 1.00 bits per heavy atom. The van der Waals surface area contributed by atoms with Gasteiger partial charge in [0.15, 0.2) is 12.1 Å². The highest BCUT2D eigenvalue weighted by Crippen LogP contribution is 2.29. The van der Waals surface area contributed by atoms with Crippen molar-refractivity contribution in [2.45, 2.75) is 63.9 Å². The summed E-state index contributed by atoms with van der Waals surface area (Å²) in [6.07, 6.45) is -0.720. The zero-order valence-corrected chi connectivity index (χ0v) is 18.2. The number of carbonyl (C=O) groups is 5. The SMILES string of the molecule is C[C@H](NC(=O)[C@@H](Cc1ccccc1)NC(=O)OC(C)(C)C)C(=O)N1[C@H](C(=O)O)[C@H]1C(=O)O. The van der Waals surface area contributed by atoms with E-state index in [0.29, 0.717) is 4.90 Å². The van der Waals surface area contributed by atoms with Crippen LogP contribution in [-0.4, -0.2) is 74.7 Å². The van der Waals surface area contributed by atoms with Crippen molar-refractivity contribution in [3.8, 4) is 0 Å². The third-order valence-electron chi connectivity index (χ3n) is 4.59. The van der Waals surface area contributed by atoms with Crippen LogP contribution in [0.1, 0.15) is 33.3 Å². The summed E-state index contributed by atoms with van der Waals surface area (Å²) < 4.78 is 5.20. The molecule has 11 heteroatoms. The lowest BCUT2D eigenvalue weighted by molar-refractivity contribution is -0.140. The molecule has 1 saturated heterocycles. The molecule has 174 valence electrons. The Balaban J connectivity index is 2.10. The number of nitrogens with one attached hydrogen (secondary N) is 2. The number of hydrogen-bond acceptors (Lipinski definition) is 6. The first-order chi connectivity index (χ1) is 14.8. The molecule has 1 heterocycles. The molecule has 3 amide bonds. The molecule has 4 N–H and O–H groups in total. The molecule has 2 rings (SSSR count). The predicted molar refractivity (Wildman–Crippen MR) is 111 cm³/mol. The minimum atomic E-state index is -1.49. The van der Waals surface area contributed by atoms with E-state index in [1.807, 2.05) is 0 Å². The monoisotopic (exact) mass is 449 g/mol. The highest BCUT2D eigenvalue weighted by atomic mass is 16.6. The van der Waals surface area contributed by atoms with Gasteiger partial charge in [0.1, 0.15) is 17.7 Å². The molecule has 0 aromatic heterocycles. The van der Waals surface area contributed by atoms with E-state index < -0.39 is 59.6 Å². The van der Waals surface area contributed by atoms with Gasteiger partial charge in [-0.3, -0.25) is 9.59 Å². The van der Waals surface area contributed by atoms with Gasteiger partial charge in [0.2, 0.25) is 11.8 Å². The summed E-state index contributed by atoms with van der Waals surface area (Å²) >= 11 is 0. The fourth-order valence-electron chi connectivity index (χ4n) is 3.12. The van der Waals surface area contributed by atoms with E-state index >= 15 is 0 Å². The number of nitrogens with zero attached hydrogens (tertiary/aromatic N) is 1. The normalized spacial score (nSPS) is 19.3. The second kappa shape index (κ2) is 9.67. The molecule has 0 unspecified atom stereocenters. The van der Waals surface area contributed by atoms with Gasteiger partial charge in [0.25, 0.3) is 0 Å². The number of carbonyl (C=O) groups excluding carboxylic acids is 3. The summed E-state index contributed by atoms with van der Waals surface area (Å²) in [6.45, 7) is 6.31. The van der Waals surface area contributed by atoms with E-state index in [2.05, 4.69) is 10.6 Å². The van der Waals surface area contributed by atoms with Gasteiger partial charge < -0.3 is 30.5 Å². The quantitative estimate of drug-likeness (QED) is 0.414. The standard InChI is InChI=1S/C21H27N3O8/c1-11(17(26)24-14(18(27)28)15(24)19(29)30)22-16(25)13(10-12-8-6-5-7-9-12)23-20(31)32-21(2,3)4/h5-9,11,13-15H,10H2,1-4H3,(H,22,25)(H,23,31)(H,27,28)(H,29,30)/t11-,13+,14-,15-/m0/s1. The maximum atomic E-state index is 12.9. The molecule has 0 aliphatic carbocycles. The highest BCUT2D eigenvalue weighted by Gasteiger charge is 2.61. The van der Waals surface area contributed by atoms with E-state index in [9.17, 15) is 24.0 Å². The van der Waals surface area contributed by atoms with Crippen LogP contribution in [0.3, 0.4) is 0 Å². The molecule has 0 radical (unpaired) electrons. The lowest BCUT2D eigenvalue weighted by atomic mass is 10.0. The topological polar surface area (TPSA) is 162 Å². The molecule has 4 atom stereocenters. The Morgan fingerprint density at radius 2 is 1.53 bits per heavy atom. The average molecular weight is 449 g/mol. The minimum absolute atomic E-state index is 0.103. The van der Waals surface area contributed by atoms with Crippen molar-refractivity contribution in [3.63, 3.8) is 0 Å². The Kier molecular flexibility index (Phi) is 7.44. The molecule has 0 saturated carbocycles. The molecule has 0 spiro atoms. The number of alkyl carbamates (subject to hydrolysis) is 1. The van der Waals surface area contributed by atoms with Gasteiger partial charge in [-0.05, 0) is 33.3 Å². The predicted octanol–water partition coefficient (Wildman–Crippen LogP) is 0.376. The van der Waals surface area contributed by atoms with Crippen LogP contribution in [0.15, 0.2) is 30.3 Å². The first kappa shape index (κ1) is 24.6. The third-order valence-corrected chi connectivity index (χ3v) is 4.59. The third kappa shape index (κ3) is 6.43. The van der Waals surface area contributed by atoms with Crippen molar-refractivity contribution < 1.29 is 38.9 Å². The average Bonchev–Trinajstić information content (AvgIpc) is 3.42. The molecule has 1 fully saturated rings. The summed E-state index contributed by atoms with van der Waals surface area (Å²) in [7, 11) is 0. The Bertz CT molecular complexity index is 876. The van der Waals surface area contributed by atoms with Gasteiger partial charge in [-0.2, -0.15) is 0 Å². The van der Waals surface area contributed by atoms with E-state index in [4.69, 9.17) is 14.9 Å². The van der Waals surface area contributed by atoms with Crippen molar-refractivity contribution in [2.75, 3.05) is 0 Å². The van der Waals surface area contributed by atoms with Gasteiger partial charge >= 0.3 is 18.0 Å². The number of benzene rings is 1. The molecule has 32 heavy (non-hydrogen) atoms. The zero-order valence-electron chi connectivity index (χ0n) is 18.2. The molecule has 1 aliphatic heterocycles. The summed E-state index contributed by atoms with van der Waals surface area (Å²) in [6, 6.07) is 3.56. The Morgan fingerprint density at radius 3 is 2.00 bits per heavy atom. The number of carboxylic acids is 2. The maximum absolute atomic E-state index is 12.9. The van der Waals surface area contributed by atoms with Crippen LogP contribution in [0.2, 0.25) is 0 Å². The molecular weight excluding hydrogens is 422 g/mol. The van der Waals surface area contributed by atoms with Gasteiger partial charge in [-0.1, -0.05) is 30.3 Å². The second-order valence-corrected chi connectivity index (χ2v) is 8.43. The molecule has 1 aliphatic rings. The molecule has 11 nitrogen and oxygen atoms in total. The van der Waals surface area contributed by atoms with E-state index in [-0.39, 0.29) is 6.42 Å². The van der Waals surface area contributed by atoms with Crippen molar-refractivity contribution in [1.29, 1.82) is 0 Å². The number of aliphatic carboxylic acids is 2. The van der Waals surface area contributed by atoms with Crippen LogP contribution in [0.4, 0.5) is 4.79 Å². The minimum Gasteiger partial charge on any atom is -0.480 e. The van der Waals surface area contributed by atoms with E-state index in [0.717, 1.165) is 5.56 Å². The lowest BCUT2D eigenvalue weighted by Crippen LogP contribution is -2.53. The smallest absolute Gasteiger partial charge is 0.408 e. The van der Waals surface area contributed by atoms with Crippen LogP contribution < -0.4 is 10.6 Å². The zero-order chi connectivity index (χ0) is 24.2. The first-order valence-corrected chi connectivity index (χ1v) is 9.93. The number of hydrogen-bond donors (Lipinski definition) is 4. The number of rotatable bonds is 8. The van der Waals surface area contributed by atoms with Crippen LogP contribution in [-0.2, 0) is 30.3 Å². The van der Waals surface area contributed by atoms with Crippen LogP contribution >= 0.6 is 0 Å². The fraction of sp³-hybridized carbons (Fsp3) is 0.476. The molecule has 0 bridgehead atoms. The summed E-state index contributed by atoms with van der Waals surface area (Å²) in [5, 5.41) is 23.1. The van der Waals surface area contributed by atoms with E-state index in [1.165, 1.54) is 6.92 Å². The Labute approximate surface area is 184 Å². The van der Waals surface area contributed by atoms with Crippen molar-refractivity contribution in [3.05, 3.63) is 35.9 Å². The number of carboxylic acid groups (broad SMARTS) is 2. The first-order valence-electron chi connectivity index (χ1n) is 9.93. The largest absolute Gasteiger partial charge is 0.480 e. The number of amides is 3. The van der Waals surface area contributed by atoms with Gasteiger partial charge in [0, 0.05) is 6.42 Å². The fourth-order valence-corrected chi connectivity index (χ4v) is 3.12. The van der Waals surface area contributed by atoms with Gasteiger partial charge in [-0.25, -0.2) is 14.4 Å². The summed E-state index contributed by atoms with van der Waals surface area (Å²) in [5.74, 6) is -4.45. The highest BCUT2D eigenvalue weighted by molar-refractivity contribution is 6.02. The lowest BCUT2D eigenvalue weighted by Gasteiger charge is -2.24. The summed E-state index contributed by atoms with van der Waals surface area (Å²) in [4.78, 5) is 60.6. The van der Waals surface area contributed by atoms with Crippen molar-refractivity contribution in [2.24, 2.45) is 0 Å². The maximum Gasteiger partial charge on any atom is 0.408 e. The van der Waals surface area contributed by atoms with Crippen molar-refractivity contribution in [1.82, 2.24) is 15.5 Å².